The number of anilines is 3. The lowest BCUT2D eigenvalue weighted by Gasteiger charge is -2.26. The Balaban J connectivity index is 1.17. The van der Waals surface area contributed by atoms with E-state index in [9.17, 15) is 0 Å². The minimum absolute atomic E-state index is 1.12. The summed E-state index contributed by atoms with van der Waals surface area (Å²) in [5, 5.41) is 3.74. The van der Waals surface area contributed by atoms with E-state index in [0.717, 1.165) is 28.4 Å². The number of hydrogen-bond acceptors (Lipinski definition) is 1. The number of rotatable bonds is 6. The Morgan fingerprint density at radius 3 is 1.59 bits per heavy atom. The Labute approximate surface area is 286 Å². The molecule has 3 nitrogen and oxygen atoms in total. The summed E-state index contributed by atoms with van der Waals surface area (Å²) in [5.74, 6) is 0. The summed E-state index contributed by atoms with van der Waals surface area (Å²) >= 11 is 0. The number of benzene rings is 7. The van der Waals surface area contributed by atoms with Crippen LogP contribution in [0.1, 0.15) is 11.1 Å². The van der Waals surface area contributed by atoms with Crippen molar-refractivity contribution in [2.24, 2.45) is 0 Å². The van der Waals surface area contributed by atoms with E-state index in [1.807, 2.05) is 0 Å². The van der Waals surface area contributed by atoms with Gasteiger partial charge >= 0.3 is 0 Å². The van der Waals surface area contributed by atoms with Gasteiger partial charge in [-0.05, 0) is 104 Å². The third-order valence-corrected chi connectivity index (χ3v) is 9.71. The van der Waals surface area contributed by atoms with Crippen LogP contribution in [-0.2, 0) is 0 Å². The molecule has 0 aliphatic carbocycles. The van der Waals surface area contributed by atoms with Crippen LogP contribution in [0.25, 0.3) is 55.2 Å². The molecule has 0 fully saturated rings. The zero-order chi connectivity index (χ0) is 32.9. The van der Waals surface area contributed by atoms with Crippen molar-refractivity contribution in [1.29, 1.82) is 0 Å². The molecule has 9 aromatic rings. The molecule has 0 aliphatic heterocycles. The van der Waals surface area contributed by atoms with Crippen molar-refractivity contribution in [1.82, 2.24) is 9.13 Å². The van der Waals surface area contributed by atoms with E-state index in [0.29, 0.717) is 0 Å². The number of hydrogen-bond donors (Lipinski definition) is 0. The van der Waals surface area contributed by atoms with Crippen LogP contribution in [0.4, 0.5) is 17.1 Å². The lowest BCUT2D eigenvalue weighted by Crippen LogP contribution is -2.10. The van der Waals surface area contributed by atoms with E-state index >= 15 is 0 Å². The molecule has 0 saturated carbocycles. The van der Waals surface area contributed by atoms with Gasteiger partial charge in [-0.2, -0.15) is 0 Å². The second-order valence-electron chi connectivity index (χ2n) is 12.9. The Morgan fingerprint density at radius 1 is 0.388 bits per heavy atom. The maximum Gasteiger partial charge on any atom is 0.0635 e. The molecule has 0 aliphatic rings. The van der Waals surface area contributed by atoms with Gasteiger partial charge in [0, 0.05) is 50.8 Å². The highest BCUT2D eigenvalue weighted by molar-refractivity contribution is 6.18. The number of aromatic nitrogens is 2. The van der Waals surface area contributed by atoms with Crippen molar-refractivity contribution in [3.8, 4) is 22.5 Å². The van der Waals surface area contributed by atoms with E-state index in [1.165, 1.54) is 55.0 Å². The highest BCUT2D eigenvalue weighted by Gasteiger charge is 2.18. The minimum Gasteiger partial charge on any atom is -0.316 e. The molecule has 0 unspecified atom stereocenters. The van der Waals surface area contributed by atoms with Gasteiger partial charge < -0.3 is 14.0 Å². The zero-order valence-corrected chi connectivity index (χ0v) is 27.6. The third kappa shape index (κ3) is 4.99. The molecular weight excluding hydrogens is 595 g/mol. The van der Waals surface area contributed by atoms with Crippen molar-refractivity contribution >= 4 is 49.8 Å². The molecule has 0 atom stereocenters. The van der Waals surface area contributed by atoms with Crippen molar-refractivity contribution in [2.45, 2.75) is 13.8 Å². The average Bonchev–Trinajstić information content (AvgIpc) is 3.74. The van der Waals surface area contributed by atoms with Crippen LogP contribution < -0.4 is 4.90 Å². The second-order valence-corrected chi connectivity index (χ2v) is 12.9. The lowest BCUT2D eigenvalue weighted by molar-refractivity contribution is 1.13. The molecule has 0 N–H and O–H groups in total. The monoisotopic (exact) mass is 629 g/mol. The SMILES string of the molecule is Cc1ccc(N(c2ccc(C)cc2)c2ccc(-n3c4ccccc4c4ccc5c(ccn5-c5ccc(-c6ccccc6)cc5)c43)cc2)cc1. The van der Waals surface area contributed by atoms with Gasteiger partial charge in [0.1, 0.15) is 0 Å². The van der Waals surface area contributed by atoms with Crippen LogP contribution in [0.3, 0.4) is 0 Å². The fraction of sp³-hybridized carbons (Fsp3) is 0.0435. The van der Waals surface area contributed by atoms with Gasteiger partial charge in [0.05, 0.1) is 16.6 Å². The van der Waals surface area contributed by atoms with Gasteiger partial charge in [0.15, 0.2) is 0 Å². The number of nitrogens with zero attached hydrogens (tertiary/aromatic N) is 3. The van der Waals surface area contributed by atoms with Gasteiger partial charge in [-0.25, -0.2) is 0 Å². The number of aryl methyl sites for hydroxylation is 2. The first-order chi connectivity index (χ1) is 24.1. The van der Waals surface area contributed by atoms with Gasteiger partial charge in [0.25, 0.3) is 0 Å². The standard InChI is InChI=1S/C46H35N3/c1-32-12-18-37(19-13-32)48(38-20-14-33(2)15-21-38)39-24-26-40(27-25-39)49-45-11-7-6-10-41(45)42-28-29-44-43(46(42)49)30-31-47(44)36-22-16-35(17-23-36)34-8-4-3-5-9-34/h3-31H,1-2H3. The summed E-state index contributed by atoms with van der Waals surface area (Å²) < 4.78 is 4.73. The topological polar surface area (TPSA) is 13.1 Å². The maximum atomic E-state index is 2.43. The molecule has 7 aromatic carbocycles. The predicted molar refractivity (Wildman–Crippen MR) is 207 cm³/mol. The molecule has 0 saturated heterocycles. The molecule has 3 heteroatoms. The first-order valence-corrected chi connectivity index (χ1v) is 16.9. The summed E-state index contributed by atoms with van der Waals surface area (Å²) in [4.78, 5) is 2.33. The molecule has 0 amide bonds. The van der Waals surface area contributed by atoms with E-state index in [4.69, 9.17) is 0 Å². The maximum absolute atomic E-state index is 2.43. The van der Waals surface area contributed by atoms with Crippen molar-refractivity contribution < 1.29 is 0 Å². The summed E-state index contributed by atoms with van der Waals surface area (Å²) in [6.45, 7) is 4.26. The largest absolute Gasteiger partial charge is 0.316 e. The molecule has 2 heterocycles. The van der Waals surface area contributed by atoms with Crippen molar-refractivity contribution in [3.05, 3.63) is 187 Å². The quantitative estimate of drug-likeness (QED) is 0.178. The van der Waals surface area contributed by atoms with Crippen LogP contribution in [0.5, 0.6) is 0 Å². The van der Waals surface area contributed by atoms with Crippen LogP contribution in [0, 0.1) is 13.8 Å². The summed E-state index contributed by atoms with van der Waals surface area (Å²) in [6.07, 6.45) is 2.20. The Bertz CT molecular complexity index is 2530. The molecule has 49 heavy (non-hydrogen) atoms. The van der Waals surface area contributed by atoms with E-state index in [2.05, 4.69) is 204 Å². The van der Waals surface area contributed by atoms with E-state index < -0.39 is 0 Å². The van der Waals surface area contributed by atoms with Gasteiger partial charge in [-0.15, -0.1) is 0 Å². The van der Waals surface area contributed by atoms with Crippen molar-refractivity contribution in [2.75, 3.05) is 4.90 Å². The average molecular weight is 630 g/mol. The zero-order valence-electron chi connectivity index (χ0n) is 27.6. The molecule has 9 rings (SSSR count). The smallest absolute Gasteiger partial charge is 0.0635 e. The summed E-state index contributed by atoms with van der Waals surface area (Å²) in [5.41, 5.74) is 14.2. The summed E-state index contributed by atoms with van der Waals surface area (Å²) in [7, 11) is 0. The fourth-order valence-electron chi connectivity index (χ4n) is 7.20. The van der Waals surface area contributed by atoms with Gasteiger partial charge in [0.2, 0.25) is 0 Å². The Kier molecular flexibility index (Phi) is 6.91. The predicted octanol–water partition coefficient (Wildman–Crippen LogP) is 12.5. The highest BCUT2D eigenvalue weighted by atomic mass is 15.1. The molecule has 234 valence electrons. The van der Waals surface area contributed by atoms with Crippen molar-refractivity contribution in [3.63, 3.8) is 0 Å². The number of para-hydroxylation sites is 1. The van der Waals surface area contributed by atoms with Crippen LogP contribution in [0.2, 0.25) is 0 Å². The first-order valence-electron chi connectivity index (χ1n) is 16.9. The fourth-order valence-corrected chi connectivity index (χ4v) is 7.20. The van der Waals surface area contributed by atoms with E-state index in [1.54, 1.807) is 0 Å². The van der Waals surface area contributed by atoms with Crippen LogP contribution in [-0.4, -0.2) is 9.13 Å². The van der Waals surface area contributed by atoms with E-state index in [-0.39, 0.29) is 0 Å². The first kappa shape index (κ1) is 28.9. The molecule has 2 aromatic heterocycles. The Morgan fingerprint density at radius 2 is 0.939 bits per heavy atom. The molecule has 0 radical (unpaired) electrons. The summed E-state index contributed by atoms with van der Waals surface area (Å²) in [6, 6.07) is 61.5. The molecule has 0 bridgehead atoms. The van der Waals surface area contributed by atoms with Gasteiger partial charge in [-0.1, -0.05) is 102 Å². The second kappa shape index (κ2) is 11.7. The highest BCUT2D eigenvalue weighted by Crippen LogP contribution is 2.40. The molecular formula is C46H35N3. The van der Waals surface area contributed by atoms with Gasteiger partial charge in [-0.3, -0.25) is 0 Å². The van der Waals surface area contributed by atoms with Crippen LogP contribution in [0.15, 0.2) is 176 Å². The Hall–Kier alpha value is -6.32. The third-order valence-electron chi connectivity index (χ3n) is 9.71. The number of fused-ring (bicyclic) bond motifs is 5. The minimum atomic E-state index is 1.12. The normalized spacial score (nSPS) is 11.5. The van der Waals surface area contributed by atoms with Crippen LogP contribution >= 0.6 is 0 Å². The molecule has 0 spiro atoms. The lowest BCUT2D eigenvalue weighted by atomic mass is 10.1.